The van der Waals surface area contributed by atoms with E-state index in [4.69, 9.17) is 0 Å². The molecule has 1 rings (SSSR count). The zero-order chi connectivity index (χ0) is 5.82. The third-order valence-corrected chi connectivity index (χ3v) is 3.74. The van der Waals surface area contributed by atoms with E-state index in [9.17, 15) is 0 Å². The molecule has 0 spiro atoms. The van der Waals surface area contributed by atoms with E-state index in [0.29, 0.717) is 13.1 Å². The van der Waals surface area contributed by atoms with Gasteiger partial charge in [0.05, 0.1) is 0 Å². The van der Waals surface area contributed by atoms with Crippen LogP contribution in [0, 0.1) is 0 Å². The van der Waals surface area contributed by atoms with Crippen LogP contribution in [-0.4, -0.2) is 32.3 Å². The molecule has 0 fully saturated rings. The summed E-state index contributed by atoms with van der Waals surface area (Å²) in [6.07, 6.45) is 3.67. The third-order valence-electron chi connectivity index (χ3n) is 0.731. The Hall–Kier alpha value is 0.189. The quantitative estimate of drug-likeness (QED) is 0.599. The monoisotopic (exact) mass is 238 g/mol. The molecule has 0 aliphatic rings. The Labute approximate surface area is 61.4 Å². The van der Waals surface area contributed by atoms with Crippen molar-refractivity contribution in [3.05, 3.63) is 24.5 Å². The summed E-state index contributed by atoms with van der Waals surface area (Å²) in [6, 6.07) is 4.03. The predicted molar refractivity (Wildman–Crippen MR) is 35.4 cm³/mol. The Kier molecular flexibility index (Phi) is 2.57. The standard InChI is InChI=1S/C5H4NSe2/c7-8-5-2-1-3-6-4-5/h1-4H. The van der Waals surface area contributed by atoms with E-state index in [-0.39, 0.29) is 0 Å². The van der Waals surface area contributed by atoms with Gasteiger partial charge in [-0.15, -0.1) is 0 Å². The predicted octanol–water partition coefficient (Wildman–Crippen LogP) is -0.505. The molecule has 1 aromatic heterocycles. The van der Waals surface area contributed by atoms with Crippen molar-refractivity contribution in [3.63, 3.8) is 0 Å². The summed E-state index contributed by atoms with van der Waals surface area (Å²) in [5, 5.41) is 0. The number of pyridine rings is 1. The van der Waals surface area contributed by atoms with Crippen LogP contribution in [0.4, 0.5) is 0 Å². The Morgan fingerprint density at radius 2 is 2.50 bits per heavy atom. The topological polar surface area (TPSA) is 12.9 Å². The van der Waals surface area contributed by atoms with Crippen LogP contribution in [0.1, 0.15) is 0 Å². The molecular weight excluding hydrogens is 232 g/mol. The van der Waals surface area contributed by atoms with Crippen LogP contribution in [0.3, 0.4) is 0 Å². The Morgan fingerprint density at radius 3 is 2.88 bits per heavy atom. The fraction of sp³-hybridized carbons (Fsp3) is 0. The minimum atomic E-state index is 0.480. The Balaban J connectivity index is 2.83. The summed E-state index contributed by atoms with van der Waals surface area (Å²) < 4.78 is 1.31. The molecule has 8 heavy (non-hydrogen) atoms. The van der Waals surface area contributed by atoms with Crippen LogP contribution in [0.5, 0.6) is 0 Å². The number of nitrogens with zero attached hydrogens (tertiary/aromatic N) is 1. The van der Waals surface area contributed by atoms with Crippen molar-refractivity contribution in [1.29, 1.82) is 0 Å². The number of hydrogen-bond acceptors (Lipinski definition) is 1. The van der Waals surface area contributed by atoms with Gasteiger partial charge in [-0.1, -0.05) is 0 Å². The van der Waals surface area contributed by atoms with E-state index in [0.717, 1.165) is 0 Å². The third kappa shape index (κ3) is 1.61. The average Bonchev–Trinajstić information content (AvgIpc) is 1.90. The molecule has 0 bridgehead atoms. The molecule has 1 nitrogen and oxygen atoms in total. The summed E-state index contributed by atoms with van der Waals surface area (Å²) in [7, 11) is 0. The van der Waals surface area contributed by atoms with E-state index < -0.39 is 0 Å². The molecule has 0 aromatic carbocycles. The molecule has 0 aliphatic carbocycles. The van der Waals surface area contributed by atoms with E-state index in [1.54, 1.807) is 6.20 Å². The van der Waals surface area contributed by atoms with Crippen LogP contribution >= 0.6 is 0 Å². The maximum absolute atomic E-state index is 3.95. The van der Waals surface area contributed by atoms with Gasteiger partial charge in [-0.05, 0) is 0 Å². The van der Waals surface area contributed by atoms with Gasteiger partial charge in [0.15, 0.2) is 0 Å². The van der Waals surface area contributed by atoms with Crippen molar-refractivity contribution >= 4 is 31.8 Å². The molecule has 0 N–H and O–H groups in total. The molecule has 1 aromatic rings. The van der Waals surface area contributed by atoms with Crippen LogP contribution < -0.4 is 4.46 Å². The first-order valence-electron chi connectivity index (χ1n) is 2.13. The molecule has 0 atom stereocenters. The molecule has 41 valence electrons. The van der Waals surface area contributed by atoms with Crippen molar-refractivity contribution in [2.75, 3.05) is 0 Å². The summed E-state index contributed by atoms with van der Waals surface area (Å²) in [5.41, 5.74) is 0. The van der Waals surface area contributed by atoms with Gasteiger partial charge < -0.3 is 0 Å². The minimum absolute atomic E-state index is 0.480. The fourth-order valence-corrected chi connectivity index (χ4v) is 1.97. The molecule has 0 saturated carbocycles. The van der Waals surface area contributed by atoms with Crippen molar-refractivity contribution < 1.29 is 0 Å². The molecule has 3 heteroatoms. The van der Waals surface area contributed by atoms with E-state index in [2.05, 4.69) is 25.2 Å². The second-order valence-electron chi connectivity index (χ2n) is 1.27. The second kappa shape index (κ2) is 3.26. The van der Waals surface area contributed by atoms with Gasteiger partial charge >= 0.3 is 61.3 Å². The van der Waals surface area contributed by atoms with Gasteiger partial charge in [0.1, 0.15) is 0 Å². The van der Waals surface area contributed by atoms with Gasteiger partial charge in [0.2, 0.25) is 0 Å². The summed E-state index contributed by atoms with van der Waals surface area (Å²) in [4.78, 5) is 3.95. The molecule has 0 saturated heterocycles. The zero-order valence-corrected chi connectivity index (χ0v) is 7.50. The molecular formula is C5H4NSe2. The van der Waals surface area contributed by atoms with Gasteiger partial charge in [0, 0.05) is 0 Å². The van der Waals surface area contributed by atoms with E-state index in [1.807, 2.05) is 12.3 Å². The van der Waals surface area contributed by atoms with Crippen molar-refractivity contribution in [3.8, 4) is 0 Å². The number of hydrogen-bond donors (Lipinski definition) is 0. The van der Waals surface area contributed by atoms with E-state index in [1.165, 1.54) is 4.46 Å². The normalized spacial score (nSPS) is 9.12. The van der Waals surface area contributed by atoms with Gasteiger partial charge in [-0.3, -0.25) is 0 Å². The number of aromatic nitrogens is 1. The van der Waals surface area contributed by atoms with Gasteiger partial charge in [0.25, 0.3) is 0 Å². The van der Waals surface area contributed by atoms with Crippen molar-refractivity contribution in [1.82, 2.24) is 4.98 Å². The van der Waals surface area contributed by atoms with Crippen molar-refractivity contribution in [2.24, 2.45) is 0 Å². The first kappa shape index (κ1) is 6.31. The number of rotatable bonds is 1. The first-order valence-corrected chi connectivity index (χ1v) is 7.32. The Morgan fingerprint density at radius 1 is 1.62 bits per heavy atom. The molecule has 0 aliphatic heterocycles. The SMILES string of the molecule is [Se][Se]c1cccnc1. The zero-order valence-electron chi connectivity index (χ0n) is 4.07. The fourth-order valence-electron chi connectivity index (χ4n) is 0.396. The molecule has 1 radical (unpaired) electrons. The van der Waals surface area contributed by atoms with Gasteiger partial charge in [-0.2, -0.15) is 0 Å². The maximum atomic E-state index is 3.95. The first-order chi connectivity index (χ1) is 3.93. The molecule has 1 heterocycles. The summed E-state index contributed by atoms with van der Waals surface area (Å²) in [6.45, 7) is 0. The van der Waals surface area contributed by atoms with Crippen LogP contribution in [0.2, 0.25) is 0 Å². The molecule has 0 unspecified atom stereocenters. The Bertz CT molecular complexity index is 152. The average molecular weight is 236 g/mol. The van der Waals surface area contributed by atoms with Crippen LogP contribution in [-0.2, 0) is 0 Å². The van der Waals surface area contributed by atoms with E-state index >= 15 is 0 Å². The van der Waals surface area contributed by atoms with Gasteiger partial charge in [-0.25, -0.2) is 0 Å². The second-order valence-corrected chi connectivity index (χ2v) is 4.43. The van der Waals surface area contributed by atoms with Crippen LogP contribution in [0.15, 0.2) is 24.5 Å². The summed E-state index contributed by atoms with van der Waals surface area (Å²) >= 11 is 3.46. The molecule has 0 amide bonds. The van der Waals surface area contributed by atoms with Crippen molar-refractivity contribution in [2.45, 2.75) is 0 Å². The summed E-state index contributed by atoms with van der Waals surface area (Å²) in [5.74, 6) is 0. The van der Waals surface area contributed by atoms with Crippen LogP contribution in [0.25, 0.3) is 0 Å².